The summed E-state index contributed by atoms with van der Waals surface area (Å²) < 4.78 is 14.0. The van der Waals surface area contributed by atoms with Crippen molar-refractivity contribution in [1.29, 1.82) is 0 Å². The molecule has 2 saturated heterocycles. The summed E-state index contributed by atoms with van der Waals surface area (Å²) in [6.07, 6.45) is 0.736. The zero-order valence-electron chi connectivity index (χ0n) is 17.9. The summed E-state index contributed by atoms with van der Waals surface area (Å²) in [5.74, 6) is 0.485. The molecule has 2 aliphatic rings. The maximum atomic E-state index is 14.0. The monoisotopic (exact) mass is 441 g/mol. The Morgan fingerprint density at radius 3 is 2.47 bits per heavy atom. The third-order valence-corrected chi connectivity index (χ3v) is 6.19. The van der Waals surface area contributed by atoms with E-state index in [2.05, 4.69) is 20.1 Å². The van der Waals surface area contributed by atoms with Gasteiger partial charge in [-0.05, 0) is 30.2 Å². The predicted octanol–water partition coefficient (Wildman–Crippen LogP) is 1.82. The molecule has 2 aliphatic heterocycles. The number of rotatable bonds is 7. The fourth-order valence-electron chi connectivity index (χ4n) is 4.36. The Hall–Kier alpha value is -3.20. The Morgan fingerprint density at radius 1 is 1.09 bits per heavy atom. The van der Waals surface area contributed by atoms with Gasteiger partial charge in [0.1, 0.15) is 11.6 Å². The van der Waals surface area contributed by atoms with Gasteiger partial charge in [0.15, 0.2) is 0 Å². The highest BCUT2D eigenvalue weighted by atomic mass is 19.1. The molecule has 170 valence electrons. The second kappa shape index (κ2) is 9.95. The summed E-state index contributed by atoms with van der Waals surface area (Å²) in [7, 11) is 0. The molecule has 2 fully saturated rings. The van der Waals surface area contributed by atoms with Gasteiger partial charge in [-0.3, -0.25) is 9.69 Å². The van der Waals surface area contributed by atoms with Crippen LogP contribution in [0, 0.1) is 5.82 Å². The van der Waals surface area contributed by atoms with Crippen LogP contribution in [-0.4, -0.2) is 83.2 Å². The Morgan fingerprint density at radius 2 is 1.81 bits per heavy atom. The molecule has 2 N–H and O–H groups in total. The minimum absolute atomic E-state index is 0.0147. The van der Waals surface area contributed by atoms with Gasteiger partial charge < -0.3 is 20.2 Å². The van der Waals surface area contributed by atoms with Crippen molar-refractivity contribution in [3.63, 3.8) is 0 Å². The molecular weight excluding hydrogens is 413 g/mol. The third-order valence-electron chi connectivity index (χ3n) is 6.19. The predicted molar refractivity (Wildman–Crippen MR) is 118 cm³/mol. The second-order valence-corrected chi connectivity index (χ2v) is 8.31. The molecule has 3 heterocycles. The van der Waals surface area contributed by atoms with E-state index in [9.17, 15) is 14.0 Å². The number of aromatic nitrogens is 1. The first-order chi connectivity index (χ1) is 15.5. The molecule has 0 spiro atoms. The van der Waals surface area contributed by atoms with Crippen molar-refractivity contribution in [2.24, 2.45) is 0 Å². The molecule has 1 unspecified atom stereocenters. The number of likely N-dealkylation sites (tertiary alicyclic amines) is 1. The summed E-state index contributed by atoms with van der Waals surface area (Å²) in [5, 5.41) is 11.5. The van der Waals surface area contributed by atoms with Gasteiger partial charge in [-0.2, -0.15) is 0 Å². The average Bonchev–Trinajstić information content (AvgIpc) is 2.75. The van der Waals surface area contributed by atoms with Crippen LogP contribution in [0.5, 0.6) is 0 Å². The summed E-state index contributed by atoms with van der Waals surface area (Å²) in [6, 6.07) is 11.8. The molecule has 2 amide bonds. The van der Waals surface area contributed by atoms with E-state index in [0.717, 1.165) is 32.0 Å². The number of benzene rings is 1. The number of carbonyl (C=O) groups is 2. The number of nitrogens with zero attached hydrogens (tertiary/aromatic N) is 4. The van der Waals surface area contributed by atoms with Gasteiger partial charge in [0.2, 0.25) is 5.91 Å². The van der Waals surface area contributed by atoms with Crippen molar-refractivity contribution in [3.05, 3.63) is 60.0 Å². The van der Waals surface area contributed by atoms with Crippen LogP contribution in [0.2, 0.25) is 0 Å². The Kier molecular flexibility index (Phi) is 6.84. The Bertz CT molecular complexity index is 930. The van der Waals surface area contributed by atoms with E-state index < -0.39 is 18.0 Å². The topological polar surface area (TPSA) is 89.0 Å². The number of anilines is 1. The zero-order valence-corrected chi connectivity index (χ0v) is 17.9. The van der Waals surface area contributed by atoms with Crippen LogP contribution in [-0.2, 0) is 11.2 Å². The standard InChI is InChI=1S/C23H28FN5O3/c24-20-6-2-1-5-17(20)13-18(26-23(31)32)14-22(30)29-15-19(16-29)27-9-11-28(12-10-27)21-7-3-4-8-25-21/h1-8,18-19,26H,9-16H2,(H,31,32). The lowest BCUT2D eigenvalue weighted by atomic mass is 10.00. The molecule has 8 nitrogen and oxygen atoms in total. The van der Waals surface area contributed by atoms with E-state index in [1.54, 1.807) is 29.3 Å². The maximum Gasteiger partial charge on any atom is 0.404 e. The normalized spacial score (nSPS) is 18.2. The van der Waals surface area contributed by atoms with Crippen LogP contribution in [0.1, 0.15) is 12.0 Å². The Balaban J connectivity index is 1.25. The first-order valence-corrected chi connectivity index (χ1v) is 10.9. The molecule has 0 aliphatic carbocycles. The number of hydrogen-bond acceptors (Lipinski definition) is 5. The maximum absolute atomic E-state index is 14.0. The highest BCUT2D eigenvalue weighted by molar-refractivity contribution is 5.78. The molecule has 32 heavy (non-hydrogen) atoms. The van der Waals surface area contributed by atoms with Crippen LogP contribution in [0.15, 0.2) is 48.7 Å². The lowest BCUT2D eigenvalue weighted by molar-refractivity contribution is -0.139. The van der Waals surface area contributed by atoms with E-state index in [4.69, 9.17) is 5.11 Å². The number of nitrogens with one attached hydrogen (secondary N) is 1. The van der Waals surface area contributed by atoms with Crippen LogP contribution >= 0.6 is 0 Å². The van der Waals surface area contributed by atoms with Crippen LogP contribution in [0.4, 0.5) is 15.0 Å². The van der Waals surface area contributed by atoms with E-state index in [-0.39, 0.29) is 18.7 Å². The van der Waals surface area contributed by atoms with Crippen LogP contribution in [0.25, 0.3) is 0 Å². The number of amides is 2. The van der Waals surface area contributed by atoms with Gasteiger partial charge >= 0.3 is 6.09 Å². The molecule has 4 rings (SSSR count). The largest absolute Gasteiger partial charge is 0.465 e. The molecule has 9 heteroatoms. The lowest BCUT2D eigenvalue weighted by Crippen LogP contribution is -2.64. The number of pyridine rings is 1. The van der Waals surface area contributed by atoms with Gasteiger partial charge in [-0.25, -0.2) is 14.2 Å². The van der Waals surface area contributed by atoms with Gasteiger partial charge in [0.25, 0.3) is 0 Å². The van der Waals surface area contributed by atoms with Crippen LogP contribution in [0.3, 0.4) is 0 Å². The number of halogens is 1. The minimum Gasteiger partial charge on any atom is -0.465 e. The van der Waals surface area contributed by atoms with E-state index >= 15 is 0 Å². The molecule has 1 aromatic heterocycles. The molecule has 0 saturated carbocycles. The van der Waals surface area contributed by atoms with Crippen molar-refractivity contribution in [3.8, 4) is 0 Å². The van der Waals surface area contributed by atoms with Crippen molar-refractivity contribution < 1.29 is 19.1 Å². The molecule has 1 atom stereocenters. The van der Waals surface area contributed by atoms with E-state index in [0.29, 0.717) is 24.7 Å². The van der Waals surface area contributed by atoms with E-state index in [1.165, 1.54) is 6.07 Å². The van der Waals surface area contributed by atoms with Gasteiger partial charge in [-0.1, -0.05) is 24.3 Å². The highest BCUT2D eigenvalue weighted by Gasteiger charge is 2.36. The number of piperazine rings is 1. The fraction of sp³-hybridized carbons (Fsp3) is 0.435. The third kappa shape index (κ3) is 5.34. The zero-order chi connectivity index (χ0) is 22.5. The van der Waals surface area contributed by atoms with Gasteiger partial charge in [0.05, 0.1) is 0 Å². The number of carbonyl (C=O) groups excluding carboxylic acids is 1. The van der Waals surface area contributed by atoms with Gasteiger partial charge in [0, 0.05) is 64.0 Å². The summed E-state index contributed by atoms with van der Waals surface area (Å²) in [5.41, 5.74) is 0.395. The highest BCUT2D eigenvalue weighted by Crippen LogP contribution is 2.21. The van der Waals surface area contributed by atoms with Gasteiger partial charge in [-0.15, -0.1) is 0 Å². The van der Waals surface area contributed by atoms with Crippen molar-refractivity contribution in [2.75, 3.05) is 44.2 Å². The molecule has 0 radical (unpaired) electrons. The molecule has 0 bridgehead atoms. The molecule has 1 aromatic carbocycles. The first-order valence-electron chi connectivity index (χ1n) is 10.9. The van der Waals surface area contributed by atoms with Crippen molar-refractivity contribution in [2.45, 2.75) is 24.9 Å². The van der Waals surface area contributed by atoms with Crippen LogP contribution < -0.4 is 10.2 Å². The summed E-state index contributed by atoms with van der Waals surface area (Å²) in [4.78, 5) is 34.7. The number of hydrogen-bond donors (Lipinski definition) is 2. The first kappa shape index (κ1) is 22.0. The van der Waals surface area contributed by atoms with E-state index in [1.807, 2.05) is 18.2 Å². The number of carboxylic acid groups (broad SMARTS) is 1. The minimum atomic E-state index is -1.22. The van der Waals surface area contributed by atoms with Crippen molar-refractivity contribution >= 4 is 17.8 Å². The molecular formula is C23H28FN5O3. The van der Waals surface area contributed by atoms with Crippen molar-refractivity contribution in [1.82, 2.24) is 20.1 Å². The Labute approximate surface area is 186 Å². The summed E-state index contributed by atoms with van der Waals surface area (Å²) >= 11 is 0. The molecule has 2 aromatic rings. The smallest absolute Gasteiger partial charge is 0.404 e. The quantitative estimate of drug-likeness (QED) is 0.682. The average molecular weight is 442 g/mol. The SMILES string of the molecule is O=C(O)NC(CC(=O)N1CC(N2CCN(c3ccccn3)CC2)C1)Cc1ccccc1F. The fourth-order valence-corrected chi connectivity index (χ4v) is 4.36. The second-order valence-electron chi connectivity index (χ2n) is 8.31. The lowest BCUT2D eigenvalue weighted by Gasteiger charge is -2.48. The summed E-state index contributed by atoms with van der Waals surface area (Å²) in [6.45, 7) is 4.91.